The van der Waals surface area contributed by atoms with Gasteiger partial charge in [0.1, 0.15) is 0 Å². The second-order valence-corrected chi connectivity index (χ2v) is 4.88. The quantitative estimate of drug-likeness (QED) is 0.842. The van der Waals surface area contributed by atoms with Gasteiger partial charge in [0.25, 0.3) is 0 Å². The highest BCUT2D eigenvalue weighted by atomic mass is 15.1. The highest BCUT2D eigenvalue weighted by molar-refractivity contribution is 5.08. The highest BCUT2D eigenvalue weighted by Crippen LogP contribution is 2.14. The van der Waals surface area contributed by atoms with Gasteiger partial charge in [-0.3, -0.25) is 9.88 Å². The molecule has 0 spiro atoms. The highest BCUT2D eigenvalue weighted by Gasteiger charge is 2.16. The standard InChI is InChI=1S/C14H23N3/c1-2-17(11-13-5-8-15-9-6-13)12-14-4-3-7-16-10-14/h3-4,7,10,13,15H,2,5-6,8-9,11-12H2,1H3. The van der Waals surface area contributed by atoms with Crippen molar-refractivity contribution in [3.63, 3.8) is 0 Å². The molecule has 1 fully saturated rings. The lowest BCUT2D eigenvalue weighted by Gasteiger charge is -2.29. The molecule has 1 aliphatic heterocycles. The first kappa shape index (κ1) is 12.5. The summed E-state index contributed by atoms with van der Waals surface area (Å²) in [6, 6.07) is 4.19. The molecular weight excluding hydrogens is 210 g/mol. The van der Waals surface area contributed by atoms with Gasteiger partial charge in [0, 0.05) is 25.5 Å². The Morgan fingerprint density at radius 2 is 2.24 bits per heavy atom. The second-order valence-electron chi connectivity index (χ2n) is 4.88. The van der Waals surface area contributed by atoms with E-state index >= 15 is 0 Å². The van der Waals surface area contributed by atoms with Crippen LogP contribution >= 0.6 is 0 Å². The topological polar surface area (TPSA) is 28.2 Å². The van der Waals surface area contributed by atoms with Crippen molar-refractivity contribution in [1.82, 2.24) is 15.2 Å². The summed E-state index contributed by atoms with van der Waals surface area (Å²) < 4.78 is 0. The summed E-state index contributed by atoms with van der Waals surface area (Å²) in [5, 5.41) is 3.43. The molecule has 0 amide bonds. The van der Waals surface area contributed by atoms with Crippen LogP contribution in [0.3, 0.4) is 0 Å². The van der Waals surface area contributed by atoms with E-state index in [9.17, 15) is 0 Å². The third-order valence-corrected chi connectivity index (χ3v) is 3.55. The van der Waals surface area contributed by atoms with Crippen LogP contribution in [0.4, 0.5) is 0 Å². The second kappa shape index (κ2) is 6.72. The molecule has 0 aliphatic carbocycles. The lowest BCUT2D eigenvalue weighted by atomic mass is 9.97. The van der Waals surface area contributed by atoms with Crippen LogP contribution in [0.2, 0.25) is 0 Å². The molecule has 2 rings (SSSR count). The van der Waals surface area contributed by atoms with Crippen LogP contribution in [0, 0.1) is 5.92 Å². The van der Waals surface area contributed by atoms with Crippen molar-refractivity contribution >= 4 is 0 Å². The van der Waals surface area contributed by atoms with E-state index in [4.69, 9.17) is 0 Å². The summed E-state index contributed by atoms with van der Waals surface area (Å²) in [5.41, 5.74) is 1.32. The predicted octanol–water partition coefficient (Wildman–Crippen LogP) is 1.90. The summed E-state index contributed by atoms with van der Waals surface area (Å²) in [7, 11) is 0. The number of nitrogens with one attached hydrogen (secondary N) is 1. The molecule has 17 heavy (non-hydrogen) atoms. The molecule has 1 aromatic heterocycles. The van der Waals surface area contributed by atoms with Crippen molar-refractivity contribution in [3.8, 4) is 0 Å². The number of piperidine rings is 1. The number of aromatic nitrogens is 1. The zero-order valence-electron chi connectivity index (χ0n) is 10.7. The Bertz CT molecular complexity index is 307. The average molecular weight is 233 g/mol. The van der Waals surface area contributed by atoms with Crippen LogP contribution in [0.1, 0.15) is 25.3 Å². The van der Waals surface area contributed by atoms with E-state index in [1.807, 2.05) is 18.5 Å². The van der Waals surface area contributed by atoms with E-state index in [2.05, 4.69) is 28.2 Å². The Balaban J connectivity index is 1.83. The molecule has 0 unspecified atom stereocenters. The van der Waals surface area contributed by atoms with E-state index in [1.54, 1.807) is 0 Å². The average Bonchev–Trinajstić information content (AvgIpc) is 2.40. The largest absolute Gasteiger partial charge is 0.317 e. The van der Waals surface area contributed by atoms with Crippen LogP contribution in [0.25, 0.3) is 0 Å². The maximum Gasteiger partial charge on any atom is 0.0312 e. The summed E-state index contributed by atoms with van der Waals surface area (Å²) in [4.78, 5) is 6.72. The molecule has 0 aromatic carbocycles. The Morgan fingerprint density at radius 1 is 1.41 bits per heavy atom. The first-order valence-corrected chi connectivity index (χ1v) is 6.70. The third-order valence-electron chi connectivity index (χ3n) is 3.55. The molecule has 2 heterocycles. The van der Waals surface area contributed by atoms with Gasteiger partial charge >= 0.3 is 0 Å². The molecule has 1 saturated heterocycles. The van der Waals surface area contributed by atoms with Crippen molar-refractivity contribution in [1.29, 1.82) is 0 Å². The minimum Gasteiger partial charge on any atom is -0.317 e. The SMILES string of the molecule is CCN(Cc1cccnc1)CC1CCNCC1. The normalized spacial score (nSPS) is 17.5. The molecule has 3 nitrogen and oxygen atoms in total. The fourth-order valence-electron chi connectivity index (χ4n) is 2.48. The van der Waals surface area contributed by atoms with Crippen molar-refractivity contribution in [2.24, 2.45) is 5.92 Å². The van der Waals surface area contributed by atoms with Crippen molar-refractivity contribution in [2.75, 3.05) is 26.2 Å². The first-order valence-electron chi connectivity index (χ1n) is 6.70. The first-order chi connectivity index (χ1) is 8.38. The minimum absolute atomic E-state index is 0.868. The Morgan fingerprint density at radius 3 is 2.88 bits per heavy atom. The summed E-state index contributed by atoms with van der Waals surface area (Å²) in [6.07, 6.45) is 6.46. The Hall–Kier alpha value is -0.930. The third kappa shape index (κ3) is 4.10. The van der Waals surface area contributed by atoms with Gasteiger partial charge in [-0.2, -0.15) is 0 Å². The van der Waals surface area contributed by atoms with Gasteiger partial charge in [-0.25, -0.2) is 0 Å². The van der Waals surface area contributed by atoms with Crippen LogP contribution in [-0.2, 0) is 6.54 Å². The van der Waals surface area contributed by atoms with Crippen LogP contribution in [0.5, 0.6) is 0 Å². The zero-order chi connectivity index (χ0) is 11.9. The Labute approximate surface area is 104 Å². The number of hydrogen-bond acceptors (Lipinski definition) is 3. The van der Waals surface area contributed by atoms with Gasteiger partial charge < -0.3 is 5.32 Å². The van der Waals surface area contributed by atoms with Gasteiger partial charge in [-0.15, -0.1) is 0 Å². The van der Waals surface area contributed by atoms with Crippen LogP contribution in [-0.4, -0.2) is 36.1 Å². The summed E-state index contributed by atoms with van der Waals surface area (Å²) in [6.45, 7) is 8.02. The lowest BCUT2D eigenvalue weighted by Crippen LogP contribution is -2.35. The van der Waals surface area contributed by atoms with Crippen LogP contribution in [0.15, 0.2) is 24.5 Å². The van der Waals surface area contributed by atoms with E-state index in [-0.39, 0.29) is 0 Å². The molecule has 1 aromatic rings. The van der Waals surface area contributed by atoms with Crippen molar-refractivity contribution < 1.29 is 0 Å². The molecular formula is C14H23N3. The van der Waals surface area contributed by atoms with E-state index in [0.29, 0.717) is 0 Å². The minimum atomic E-state index is 0.868. The Kier molecular flexibility index (Phi) is 4.95. The maximum atomic E-state index is 4.18. The molecule has 94 valence electrons. The number of rotatable bonds is 5. The zero-order valence-corrected chi connectivity index (χ0v) is 10.7. The number of hydrogen-bond donors (Lipinski definition) is 1. The van der Waals surface area contributed by atoms with Gasteiger partial charge in [0.15, 0.2) is 0 Å². The van der Waals surface area contributed by atoms with Gasteiger partial charge in [0.2, 0.25) is 0 Å². The predicted molar refractivity (Wildman–Crippen MR) is 70.8 cm³/mol. The maximum absolute atomic E-state index is 4.18. The summed E-state index contributed by atoms with van der Waals surface area (Å²) >= 11 is 0. The molecule has 0 saturated carbocycles. The molecule has 0 bridgehead atoms. The molecule has 1 N–H and O–H groups in total. The van der Waals surface area contributed by atoms with E-state index in [1.165, 1.54) is 38.0 Å². The van der Waals surface area contributed by atoms with Crippen molar-refractivity contribution in [2.45, 2.75) is 26.3 Å². The molecule has 3 heteroatoms. The monoisotopic (exact) mass is 233 g/mol. The van der Waals surface area contributed by atoms with Crippen molar-refractivity contribution in [3.05, 3.63) is 30.1 Å². The molecule has 0 radical (unpaired) electrons. The lowest BCUT2D eigenvalue weighted by molar-refractivity contribution is 0.207. The molecule has 0 atom stereocenters. The van der Waals surface area contributed by atoms with Gasteiger partial charge in [0.05, 0.1) is 0 Å². The van der Waals surface area contributed by atoms with Crippen LogP contribution < -0.4 is 5.32 Å². The van der Waals surface area contributed by atoms with E-state index in [0.717, 1.165) is 19.0 Å². The van der Waals surface area contributed by atoms with Gasteiger partial charge in [-0.05, 0) is 50.0 Å². The van der Waals surface area contributed by atoms with E-state index < -0.39 is 0 Å². The fourth-order valence-corrected chi connectivity index (χ4v) is 2.48. The molecule has 1 aliphatic rings. The summed E-state index contributed by atoms with van der Waals surface area (Å²) in [5.74, 6) is 0.868. The van der Waals surface area contributed by atoms with Gasteiger partial charge in [-0.1, -0.05) is 13.0 Å². The number of pyridine rings is 1. The smallest absolute Gasteiger partial charge is 0.0312 e. The number of nitrogens with zero attached hydrogens (tertiary/aromatic N) is 2. The fraction of sp³-hybridized carbons (Fsp3) is 0.643.